The zero-order valence-corrected chi connectivity index (χ0v) is 23.5. The maximum absolute atomic E-state index is 14.4. The largest absolute Gasteiger partial charge is 0.508 e. The van der Waals surface area contributed by atoms with Crippen LogP contribution in [0, 0.1) is 5.92 Å². The fourth-order valence-electron chi connectivity index (χ4n) is 9.55. The molecule has 2 heterocycles. The van der Waals surface area contributed by atoms with E-state index in [-0.39, 0.29) is 28.9 Å². The van der Waals surface area contributed by atoms with Crippen LogP contribution in [0.1, 0.15) is 60.0 Å². The quantitative estimate of drug-likeness (QED) is 0.407. The summed E-state index contributed by atoms with van der Waals surface area (Å²) in [5.74, 6) is 0.452. The molecular formula is C36H38N2O3. The number of carbonyl (C=O) groups excluding carboxylic acids is 1. The molecule has 2 aliphatic heterocycles. The number of aromatic hydroxyl groups is 1. The summed E-state index contributed by atoms with van der Waals surface area (Å²) in [6.07, 6.45) is 9.42. The minimum Gasteiger partial charge on any atom is -0.508 e. The maximum Gasteiger partial charge on any atom is 0.258 e. The molecule has 41 heavy (non-hydrogen) atoms. The van der Waals surface area contributed by atoms with Crippen LogP contribution in [0.3, 0.4) is 0 Å². The Morgan fingerprint density at radius 3 is 2.61 bits per heavy atom. The van der Waals surface area contributed by atoms with Crippen molar-refractivity contribution in [1.82, 2.24) is 9.80 Å². The molecule has 1 N–H and O–H groups in total. The molecule has 0 aromatic heterocycles. The summed E-state index contributed by atoms with van der Waals surface area (Å²) in [6, 6.07) is 25.1. The van der Waals surface area contributed by atoms with Crippen LogP contribution in [0.15, 0.2) is 85.6 Å². The van der Waals surface area contributed by atoms with Gasteiger partial charge in [0.2, 0.25) is 0 Å². The maximum atomic E-state index is 14.4. The van der Waals surface area contributed by atoms with Gasteiger partial charge in [0.1, 0.15) is 5.75 Å². The second-order valence-corrected chi connectivity index (χ2v) is 12.8. The van der Waals surface area contributed by atoms with Gasteiger partial charge in [-0.1, -0.05) is 67.6 Å². The lowest BCUT2D eigenvalue weighted by molar-refractivity contribution is -0.165. The van der Waals surface area contributed by atoms with Crippen molar-refractivity contribution in [3.8, 4) is 16.9 Å². The Hall–Kier alpha value is -3.41. The molecule has 4 bridgehead atoms. The predicted octanol–water partition coefficient (Wildman–Crippen LogP) is 6.31. The van der Waals surface area contributed by atoms with Gasteiger partial charge in [-0.3, -0.25) is 9.69 Å². The first kappa shape index (κ1) is 25.3. The summed E-state index contributed by atoms with van der Waals surface area (Å²) in [4.78, 5) is 19.1. The van der Waals surface area contributed by atoms with Gasteiger partial charge in [-0.2, -0.15) is 0 Å². The standard InChI is InChI=1S/C36H38N2O3/c1-2-37(34(40)29-14-7-6-13-28(29)24-9-4-3-5-10-24)32-17-18-36-33-21-25-15-16-27(39)22-30(25)35(36,31(32)23-41-36)19-20-38(33)26-11-8-12-26/h2-7,9-10,13-16,22,26,31-33,39H,1,8,11-12,17-21,23H2. The third kappa shape index (κ3) is 3.39. The second-order valence-electron chi connectivity index (χ2n) is 12.8. The normalized spacial score (nSPS) is 32.0. The van der Waals surface area contributed by atoms with Crippen LogP contribution in [-0.2, 0) is 16.6 Å². The SMILES string of the molecule is C=CN(C(=O)c1ccccc1-c1ccccc1)C1CCC23OCC1C21CCN(C2CCC2)C3Cc2ccc(O)cc21. The highest BCUT2D eigenvalue weighted by Gasteiger charge is 2.74. The zero-order chi connectivity index (χ0) is 27.8. The van der Waals surface area contributed by atoms with Gasteiger partial charge in [0.15, 0.2) is 0 Å². The fourth-order valence-corrected chi connectivity index (χ4v) is 9.55. The number of benzene rings is 3. The fraction of sp³-hybridized carbons (Fsp3) is 0.417. The third-order valence-corrected chi connectivity index (χ3v) is 11.4. The highest BCUT2D eigenvalue weighted by molar-refractivity contribution is 6.01. The van der Waals surface area contributed by atoms with Gasteiger partial charge in [-0.15, -0.1) is 0 Å². The number of nitrogens with zero attached hydrogens (tertiary/aromatic N) is 2. The van der Waals surface area contributed by atoms with E-state index in [0.29, 0.717) is 30.0 Å². The molecule has 5 atom stereocenters. The van der Waals surface area contributed by atoms with Gasteiger partial charge in [0.25, 0.3) is 5.91 Å². The van der Waals surface area contributed by atoms with E-state index >= 15 is 0 Å². The Morgan fingerprint density at radius 2 is 1.83 bits per heavy atom. The van der Waals surface area contributed by atoms with E-state index in [2.05, 4.69) is 29.7 Å². The van der Waals surface area contributed by atoms with Crippen molar-refractivity contribution in [2.24, 2.45) is 5.92 Å². The van der Waals surface area contributed by atoms with Crippen molar-refractivity contribution in [3.05, 3.63) is 102 Å². The van der Waals surface area contributed by atoms with E-state index in [4.69, 9.17) is 4.74 Å². The highest BCUT2D eigenvalue weighted by Crippen LogP contribution is 2.67. The average molecular weight is 547 g/mol. The van der Waals surface area contributed by atoms with Crippen molar-refractivity contribution in [2.75, 3.05) is 13.2 Å². The van der Waals surface area contributed by atoms with E-state index in [0.717, 1.165) is 43.4 Å². The lowest BCUT2D eigenvalue weighted by atomic mass is 9.46. The summed E-state index contributed by atoms with van der Waals surface area (Å²) in [5.41, 5.74) is 4.77. The Bertz CT molecular complexity index is 1520. The number of hydrogen-bond acceptors (Lipinski definition) is 4. The predicted molar refractivity (Wildman–Crippen MR) is 160 cm³/mol. The Kier molecular flexibility index (Phi) is 5.74. The van der Waals surface area contributed by atoms with Crippen LogP contribution in [0.25, 0.3) is 11.1 Å². The summed E-state index contributed by atoms with van der Waals surface area (Å²) in [7, 11) is 0. The Morgan fingerprint density at radius 1 is 1.02 bits per heavy atom. The average Bonchev–Trinajstić information content (AvgIpc) is 3.22. The van der Waals surface area contributed by atoms with Crippen LogP contribution in [0.2, 0.25) is 0 Å². The molecule has 210 valence electrons. The molecule has 0 radical (unpaired) electrons. The van der Waals surface area contributed by atoms with Gasteiger partial charge in [-0.25, -0.2) is 0 Å². The van der Waals surface area contributed by atoms with E-state index in [1.165, 1.54) is 30.4 Å². The zero-order valence-electron chi connectivity index (χ0n) is 23.5. The molecular weight excluding hydrogens is 508 g/mol. The Labute approximate surface area is 242 Å². The molecule has 3 aromatic carbocycles. The molecule has 1 amide bonds. The van der Waals surface area contributed by atoms with Gasteiger partial charge < -0.3 is 14.7 Å². The number of amides is 1. The Balaban J connectivity index is 1.22. The highest BCUT2D eigenvalue weighted by atomic mass is 16.5. The molecule has 5 heteroatoms. The second kappa shape index (κ2) is 9.30. The molecule has 5 aliphatic rings. The molecule has 2 saturated heterocycles. The number of hydrogen-bond donors (Lipinski definition) is 1. The first-order chi connectivity index (χ1) is 20.1. The number of phenols is 1. The van der Waals surface area contributed by atoms with Crippen LogP contribution in [0.5, 0.6) is 5.75 Å². The summed E-state index contributed by atoms with van der Waals surface area (Å²) in [5, 5.41) is 10.7. The summed E-state index contributed by atoms with van der Waals surface area (Å²) in [6.45, 7) is 5.86. The molecule has 0 spiro atoms. The van der Waals surface area contributed by atoms with Crippen molar-refractivity contribution < 1.29 is 14.6 Å². The van der Waals surface area contributed by atoms with Gasteiger partial charge in [0.05, 0.1) is 12.2 Å². The van der Waals surface area contributed by atoms with Crippen molar-refractivity contribution in [2.45, 2.75) is 74.1 Å². The molecule has 5 unspecified atom stereocenters. The number of likely N-dealkylation sites (tertiary alicyclic amines) is 1. The van der Waals surface area contributed by atoms with Gasteiger partial charge >= 0.3 is 0 Å². The van der Waals surface area contributed by atoms with E-state index in [9.17, 15) is 9.90 Å². The lowest BCUT2D eigenvalue weighted by Crippen LogP contribution is -2.75. The van der Waals surface area contributed by atoms with E-state index < -0.39 is 0 Å². The minimum absolute atomic E-state index is 0.00403. The number of phenolic OH excluding ortho intramolecular Hbond substituents is 1. The van der Waals surface area contributed by atoms with Gasteiger partial charge in [-0.05, 0) is 85.5 Å². The molecule has 8 rings (SSSR count). The van der Waals surface area contributed by atoms with Crippen LogP contribution in [-0.4, -0.2) is 57.7 Å². The van der Waals surface area contributed by atoms with Crippen LogP contribution < -0.4 is 0 Å². The van der Waals surface area contributed by atoms with E-state index in [1.54, 1.807) is 6.20 Å². The molecule has 3 aliphatic carbocycles. The topological polar surface area (TPSA) is 53.0 Å². The van der Waals surface area contributed by atoms with Crippen LogP contribution >= 0.6 is 0 Å². The molecule has 5 nitrogen and oxygen atoms in total. The number of fused-ring (bicyclic) bond motifs is 1. The van der Waals surface area contributed by atoms with Gasteiger partial charge in [0, 0.05) is 41.2 Å². The lowest BCUT2D eigenvalue weighted by Gasteiger charge is -2.66. The molecule has 3 aromatic rings. The molecule has 4 fully saturated rings. The van der Waals surface area contributed by atoms with Crippen molar-refractivity contribution >= 4 is 5.91 Å². The van der Waals surface area contributed by atoms with E-state index in [1.807, 2.05) is 59.5 Å². The number of carbonyl (C=O) groups is 1. The first-order valence-corrected chi connectivity index (χ1v) is 15.4. The van der Waals surface area contributed by atoms with Crippen molar-refractivity contribution in [1.29, 1.82) is 0 Å². The monoisotopic (exact) mass is 546 g/mol. The minimum atomic E-state index is -0.277. The number of piperidine rings is 1. The smallest absolute Gasteiger partial charge is 0.258 e. The number of ether oxygens (including phenoxy) is 1. The van der Waals surface area contributed by atoms with Crippen molar-refractivity contribution in [3.63, 3.8) is 0 Å². The number of rotatable bonds is 5. The summed E-state index contributed by atoms with van der Waals surface area (Å²) >= 11 is 0. The molecule has 2 saturated carbocycles. The summed E-state index contributed by atoms with van der Waals surface area (Å²) < 4.78 is 7.08. The third-order valence-electron chi connectivity index (χ3n) is 11.4. The first-order valence-electron chi connectivity index (χ1n) is 15.4. The van der Waals surface area contributed by atoms with Crippen LogP contribution in [0.4, 0.5) is 0 Å².